The van der Waals surface area contributed by atoms with Crippen LogP contribution in [0.25, 0.3) is 0 Å². The van der Waals surface area contributed by atoms with Crippen LogP contribution in [0.2, 0.25) is 0 Å². The molecule has 0 bridgehead atoms. The molecule has 1 aromatic carbocycles. The normalized spacial score (nSPS) is 12.6. The highest BCUT2D eigenvalue weighted by molar-refractivity contribution is 6.01. The third kappa shape index (κ3) is 3.33. The van der Waals surface area contributed by atoms with E-state index in [1.165, 1.54) is 0 Å². The second-order valence-corrected chi connectivity index (χ2v) is 5.24. The lowest BCUT2D eigenvalue weighted by atomic mass is 9.93. The van der Waals surface area contributed by atoms with Crippen LogP contribution in [0.5, 0.6) is 5.75 Å². The Labute approximate surface area is 109 Å². The molecule has 2 N–H and O–H groups in total. The Bertz CT molecular complexity index is 438. The number of ether oxygens (including phenoxy) is 1. The zero-order chi connectivity index (χ0) is 13.9. The molecule has 0 aliphatic heterocycles. The molecule has 1 rings (SSSR count). The van der Waals surface area contributed by atoms with Gasteiger partial charge in [-0.2, -0.15) is 0 Å². The third-order valence-electron chi connectivity index (χ3n) is 3.07. The van der Waals surface area contributed by atoms with Gasteiger partial charge in [0.25, 0.3) is 0 Å². The maximum absolute atomic E-state index is 12.3. The van der Waals surface area contributed by atoms with Crippen LogP contribution in [-0.2, 0) is 0 Å². The molecule has 3 nitrogen and oxygen atoms in total. The van der Waals surface area contributed by atoms with Crippen LogP contribution in [0.1, 0.15) is 41.8 Å². The molecule has 0 saturated heterocycles. The van der Waals surface area contributed by atoms with Gasteiger partial charge in [0.1, 0.15) is 5.75 Å². The Morgan fingerprint density at radius 1 is 1.28 bits per heavy atom. The van der Waals surface area contributed by atoms with Gasteiger partial charge >= 0.3 is 0 Å². The zero-order valence-corrected chi connectivity index (χ0v) is 11.9. The number of methoxy groups -OCH3 is 1. The third-order valence-corrected chi connectivity index (χ3v) is 3.07. The predicted octanol–water partition coefficient (Wildman–Crippen LogP) is 2.87. The molecule has 18 heavy (non-hydrogen) atoms. The smallest absolute Gasteiger partial charge is 0.179 e. The van der Waals surface area contributed by atoms with Crippen molar-refractivity contribution < 1.29 is 9.53 Å². The summed E-state index contributed by atoms with van der Waals surface area (Å²) in [5.41, 5.74) is 8.55. The number of ketones is 1. The first-order chi connectivity index (χ1) is 8.36. The molecule has 0 radical (unpaired) electrons. The number of benzene rings is 1. The average molecular weight is 249 g/mol. The maximum Gasteiger partial charge on any atom is 0.179 e. The van der Waals surface area contributed by atoms with Crippen LogP contribution in [0.15, 0.2) is 12.1 Å². The Hall–Kier alpha value is -1.35. The molecule has 1 unspecified atom stereocenters. The topological polar surface area (TPSA) is 52.3 Å². The van der Waals surface area contributed by atoms with Gasteiger partial charge in [0, 0.05) is 5.56 Å². The summed E-state index contributed by atoms with van der Waals surface area (Å²) in [6.45, 7) is 7.98. The Morgan fingerprint density at radius 3 is 2.39 bits per heavy atom. The van der Waals surface area contributed by atoms with Crippen molar-refractivity contribution in [2.24, 2.45) is 11.7 Å². The first-order valence-corrected chi connectivity index (χ1v) is 6.31. The number of Topliss-reactive ketones (excluding diaryl/α,β-unsaturated/α-hetero) is 1. The predicted molar refractivity (Wildman–Crippen MR) is 74.2 cm³/mol. The molecular weight excluding hydrogens is 226 g/mol. The second kappa shape index (κ2) is 6.01. The number of rotatable bonds is 5. The van der Waals surface area contributed by atoms with E-state index in [1.807, 2.05) is 26.0 Å². The standard InChI is InChI=1S/C15H23NO2/c1-9(2)6-13(16)15(17)12-7-11(4)14(18-5)8-10(12)3/h7-9,13H,6,16H2,1-5H3. The van der Waals surface area contributed by atoms with Gasteiger partial charge in [-0.25, -0.2) is 0 Å². The van der Waals surface area contributed by atoms with Crippen molar-refractivity contribution in [2.75, 3.05) is 7.11 Å². The minimum absolute atomic E-state index is 0.0203. The van der Waals surface area contributed by atoms with E-state index in [2.05, 4.69) is 13.8 Å². The molecule has 0 spiro atoms. The lowest BCUT2D eigenvalue weighted by molar-refractivity contribution is 0.0950. The van der Waals surface area contributed by atoms with Gasteiger partial charge in [0.05, 0.1) is 13.2 Å². The molecular formula is C15H23NO2. The summed E-state index contributed by atoms with van der Waals surface area (Å²) >= 11 is 0. The van der Waals surface area contributed by atoms with E-state index in [4.69, 9.17) is 10.5 Å². The van der Waals surface area contributed by atoms with Crippen molar-refractivity contribution in [3.8, 4) is 5.75 Å². The highest BCUT2D eigenvalue weighted by Crippen LogP contribution is 2.23. The van der Waals surface area contributed by atoms with Crippen molar-refractivity contribution in [1.29, 1.82) is 0 Å². The van der Waals surface area contributed by atoms with E-state index in [-0.39, 0.29) is 5.78 Å². The van der Waals surface area contributed by atoms with Gasteiger partial charge in [0.15, 0.2) is 5.78 Å². The van der Waals surface area contributed by atoms with Gasteiger partial charge in [-0.1, -0.05) is 13.8 Å². The first-order valence-electron chi connectivity index (χ1n) is 6.31. The van der Waals surface area contributed by atoms with Gasteiger partial charge in [-0.15, -0.1) is 0 Å². The molecule has 0 aliphatic rings. The highest BCUT2D eigenvalue weighted by Gasteiger charge is 2.19. The molecule has 0 aromatic heterocycles. The van der Waals surface area contributed by atoms with Crippen molar-refractivity contribution in [3.63, 3.8) is 0 Å². The average Bonchev–Trinajstić information content (AvgIpc) is 2.29. The summed E-state index contributed by atoms with van der Waals surface area (Å²) in [5, 5.41) is 0. The van der Waals surface area contributed by atoms with Crippen LogP contribution in [0.3, 0.4) is 0 Å². The summed E-state index contributed by atoms with van der Waals surface area (Å²) in [7, 11) is 1.63. The molecule has 3 heteroatoms. The summed E-state index contributed by atoms with van der Waals surface area (Å²) in [5.74, 6) is 1.25. The zero-order valence-electron chi connectivity index (χ0n) is 11.9. The highest BCUT2D eigenvalue weighted by atomic mass is 16.5. The number of nitrogens with two attached hydrogens (primary N) is 1. The molecule has 0 fully saturated rings. The number of carbonyl (C=O) groups is 1. The van der Waals surface area contributed by atoms with E-state index in [0.29, 0.717) is 17.9 Å². The molecule has 1 atom stereocenters. The fraction of sp³-hybridized carbons (Fsp3) is 0.533. The molecule has 0 aliphatic carbocycles. The van der Waals surface area contributed by atoms with Crippen molar-refractivity contribution >= 4 is 5.78 Å². The monoisotopic (exact) mass is 249 g/mol. The molecule has 0 heterocycles. The number of hydrogen-bond acceptors (Lipinski definition) is 3. The van der Waals surface area contributed by atoms with E-state index in [0.717, 1.165) is 16.9 Å². The largest absolute Gasteiger partial charge is 0.496 e. The summed E-state index contributed by atoms with van der Waals surface area (Å²) in [6, 6.07) is 3.35. The fourth-order valence-electron chi connectivity index (χ4n) is 2.09. The van der Waals surface area contributed by atoms with Gasteiger partial charge in [0.2, 0.25) is 0 Å². The van der Waals surface area contributed by atoms with Crippen LogP contribution in [0, 0.1) is 19.8 Å². The Morgan fingerprint density at radius 2 is 1.89 bits per heavy atom. The van der Waals surface area contributed by atoms with Crippen molar-refractivity contribution in [3.05, 3.63) is 28.8 Å². The number of hydrogen-bond donors (Lipinski definition) is 1. The Kier molecular flexibility index (Phi) is 4.91. The molecule has 1 aromatic rings. The number of aryl methyl sites for hydroxylation is 2. The minimum atomic E-state index is -0.420. The van der Waals surface area contributed by atoms with Crippen molar-refractivity contribution in [1.82, 2.24) is 0 Å². The van der Waals surface area contributed by atoms with Gasteiger partial charge in [-0.3, -0.25) is 4.79 Å². The SMILES string of the molecule is COc1cc(C)c(C(=O)C(N)CC(C)C)cc1C. The second-order valence-electron chi connectivity index (χ2n) is 5.24. The van der Waals surface area contributed by atoms with Gasteiger partial charge in [-0.05, 0) is 49.4 Å². The van der Waals surface area contributed by atoms with Crippen LogP contribution < -0.4 is 10.5 Å². The summed E-state index contributed by atoms with van der Waals surface area (Å²) in [4.78, 5) is 12.3. The minimum Gasteiger partial charge on any atom is -0.496 e. The van der Waals surface area contributed by atoms with Crippen LogP contribution in [0.4, 0.5) is 0 Å². The summed E-state index contributed by atoms with van der Waals surface area (Å²) in [6.07, 6.45) is 0.712. The Balaban J connectivity index is 3.03. The molecule has 0 amide bonds. The van der Waals surface area contributed by atoms with E-state index < -0.39 is 6.04 Å². The van der Waals surface area contributed by atoms with Crippen LogP contribution in [-0.4, -0.2) is 18.9 Å². The van der Waals surface area contributed by atoms with E-state index in [9.17, 15) is 4.79 Å². The van der Waals surface area contributed by atoms with Gasteiger partial charge < -0.3 is 10.5 Å². The lowest BCUT2D eigenvalue weighted by Gasteiger charge is -2.16. The quantitative estimate of drug-likeness (QED) is 0.816. The summed E-state index contributed by atoms with van der Waals surface area (Å²) < 4.78 is 5.24. The first kappa shape index (κ1) is 14.7. The fourth-order valence-corrected chi connectivity index (χ4v) is 2.09. The molecule has 100 valence electrons. The van der Waals surface area contributed by atoms with E-state index in [1.54, 1.807) is 7.11 Å². The lowest BCUT2D eigenvalue weighted by Crippen LogP contribution is -2.32. The number of carbonyl (C=O) groups excluding carboxylic acids is 1. The maximum atomic E-state index is 12.3. The van der Waals surface area contributed by atoms with Crippen LogP contribution >= 0.6 is 0 Å². The van der Waals surface area contributed by atoms with Crippen molar-refractivity contribution in [2.45, 2.75) is 40.2 Å². The molecule has 0 saturated carbocycles. The van der Waals surface area contributed by atoms with E-state index >= 15 is 0 Å².